The Hall–Kier alpha value is -0.603. The predicted molar refractivity (Wildman–Crippen MR) is 40.9 cm³/mol. The Morgan fingerprint density at radius 1 is 1.22 bits per heavy atom. The minimum Gasteiger partial charge on any atom is -0.418 e. The van der Waals surface area contributed by atoms with E-state index in [1.165, 1.54) is 0 Å². The number of hydrogen-bond acceptors (Lipinski definition) is 1. The fourth-order valence-electron chi connectivity index (χ4n) is 0.668. The van der Waals surface area contributed by atoms with E-state index in [1.807, 2.05) is 30.3 Å². The molecule has 0 aliphatic heterocycles. The lowest BCUT2D eigenvalue weighted by molar-refractivity contribution is 0.474. The molecule has 0 bridgehead atoms. The molecule has 1 nitrogen and oxygen atoms in total. The van der Waals surface area contributed by atoms with Gasteiger partial charge in [0.25, 0.3) is 0 Å². The van der Waals surface area contributed by atoms with Crippen molar-refractivity contribution in [2.75, 3.05) is 0 Å². The maximum Gasteiger partial charge on any atom is 0.147 e. The van der Waals surface area contributed by atoms with Crippen LogP contribution in [-0.4, -0.2) is 10.5 Å². The van der Waals surface area contributed by atoms with Gasteiger partial charge in [0.1, 0.15) is 10.5 Å². The molecule has 47 valence electrons. The second kappa shape index (κ2) is 3.43. The van der Waals surface area contributed by atoms with E-state index in [0.29, 0.717) is 0 Å². The van der Waals surface area contributed by atoms with Crippen molar-refractivity contribution in [1.82, 2.24) is 0 Å². The van der Waals surface area contributed by atoms with Gasteiger partial charge in [-0.1, -0.05) is 30.3 Å². The van der Waals surface area contributed by atoms with E-state index in [0.717, 1.165) is 16.0 Å². The Balaban J connectivity index is 2.61. The Labute approximate surface area is 58.2 Å². The van der Waals surface area contributed by atoms with E-state index in [1.54, 1.807) is 6.61 Å². The maximum atomic E-state index is 4.94. The van der Waals surface area contributed by atoms with Gasteiger partial charge in [0.2, 0.25) is 0 Å². The minimum atomic E-state index is 0.768. The van der Waals surface area contributed by atoms with Gasteiger partial charge in [-0.2, -0.15) is 0 Å². The maximum absolute atomic E-state index is 4.94. The van der Waals surface area contributed by atoms with Gasteiger partial charge in [0.15, 0.2) is 0 Å². The highest BCUT2D eigenvalue weighted by atomic mass is 28.2. The molecular formula is C7H9OSi. The van der Waals surface area contributed by atoms with Gasteiger partial charge in [-0.15, -0.1) is 0 Å². The van der Waals surface area contributed by atoms with Crippen LogP contribution in [0.4, 0.5) is 0 Å². The molecule has 9 heavy (non-hydrogen) atoms. The summed E-state index contributed by atoms with van der Waals surface area (Å²) < 4.78 is 4.94. The first-order valence-electron chi connectivity index (χ1n) is 2.84. The van der Waals surface area contributed by atoms with Crippen LogP contribution < -0.4 is 0 Å². The molecule has 2 heteroatoms. The highest BCUT2D eigenvalue weighted by Crippen LogP contribution is 2.00. The fraction of sp³-hybridized carbons (Fsp3) is 0. The van der Waals surface area contributed by atoms with Crippen molar-refractivity contribution in [3.63, 3.8) is 0 Å². The second-order valence-electron chi connectivity index (χ2n) is 1.76. The molecule has 0 unspecified atom stereocenters. The van der Waals surface area contributed by atoms with E-state index < -0.39 is 0 Å². The number of hydrogen-bond donors (Lipinski definition) is 0. The van der Waals surface area contributed by atoms with E-state index in [9.17, 15) is 0 Å². The molecule has 0 N–H and O–H groups in total. The SMILES string of the molecule is [SiH3]O[CH]c1ccccc1. The topological polar surface area (TPSA) is 9.23 Å². The first-order valence-corrected chi connectivity index (χ1v) is 3.66. The first-order chi connectivity index (χ1) is 4.43. The molecule has 0 heterocycles. The van der Waals surface area contributed by atoms with Gasteiger partial charge in [-0.3, -0.25) is 0 Å². The van der Waals surface area contributed by atoms with Crippen LogP contribution >= 0.6 is 0 Å². The van der Waals surface area contributed by atoms with Crippen LogP contribution in [0.25, 0.3) is 0 Å². The summed E-state index contributed by atoms with van der Waals surface area (Å²) >= 11 is 0. The molecule has 0 amide bonds. The van der Waals surface area contributed by atoms with E-state index in [4.69, 9.17) is 4.43 Å². The fourth-order valence-corrected chi connectivity index (χ4v) is 0.940. The summed E-state index contributed by atoms with van der Waals surface area (Å²) in [5.41, 5.74) is 1.13. The Kier molecular flexibility index (Phi) is 2.48. The molecule has 0 aliphatic carbocycles. The summed E-state index contributed by atoms with van der Waals surface area (Å²) in [5, 5.41) is 0. The lowest BCUT2D eigenvalue weighted by atomic mass is 10.2. The summed E-state index contributed by atoms with van der Waals surface area (Å²) in [7, 11) is 0.768. The van der Waals surface area contributed by atoms with Crippen molar-refractivity contribution in [3.8, 4) is 0 Å². The van der Waals surface area contributed by atoms with Gasteiger partial charge >= 0.3 is 0 Å². The van der Waals surface area contributed by atoms with Crippen LogP contribution in [0.5, 0.6) is 0 Å². The molecule has 0 spiro atoms. The summed E-state index contributed by atoms with van der Waals surface area (Å²) in [6.07, 6.45) is 0. The molecule has 1 rings (SSSR count). The Morgan fingerprint density at radius 2 is 1.89 bits per heavy atom. The lowest BCUT2D eigenvalue weighted by Crippen LogP contribution is -1.82. The smallest absolute Gasteiger partial charge is 0.147 e. The average Bonchev–Trinajstić information content (AvgIpc) is 1.91. The molecule has 1 aromatic rings. The molecule has 1 aromatic carbocycles. The highest BCUT2D eigenvalue weighted by molar-refractivity contribution is 5.98. The zero-order valence-electron chi connectivity index (χ0n) is 5.37. The zero-order valence-corrected chi connectivity index (χ0v) is 7.37. The van der Waals surface area contributed by atoms with Crippen LogP contribution in [0.15, 0.2) is 30.3 Å². The molecule has 0 saturated heterocycles. The minimum absolute atomic E-state index is 0.768. The highest BCUT2D eigenvalue weighted by Gasteiger charge is 1.85. The van der Waals surface area contributed by atoms with Crippen molar-refractivity contribution in [2.45, 2.75) is 0 Å². The van der Waals surface area contributed by atoms with Gasteiger partial charge in [0, 0.05) is 0 Å². The zero-order chi connectivity index (χ0) is 6.53. The van der Waals surface area contributed by atoms with Gasteiger partial charge in [-0.25, -0.2) is 0 Å². The largest absolute Gasteiger partial charge is 0.418 e. The molecule has 0 aromatic heterocycles. The van der Waals surface area contributed by atoms with Crippen LogP contribution in [0.1, 0.15) is 5.56 Å². The van der Waals surface area contributed by atoms with Gasteiger partial charge in [0.05, 0.1) is 6.61 Å². The second-order valence-corrected chi connectivity index (χ2v) is 2.24. The quantitative estimate of drug-likeness (QED) is 0.539. The summed E-state index contributed by atoms with van der Waals surface area (Å²) in [5.74, 6) is 0. The van der Waals surface area contributed by atoms with Crippen LogP contribution in [-0.2, 0) is 4.43 Å². The van der Waals surface area contributed by atoms with Crippen molar-refractivity contribution >= 4 is 10.5 Å². The third-order valence-corrected chi connectivity index (χ3v) is 1.29. The van der Waals surface area contributed by atoms with E-state index in [-0.39, 0.29) is 0 Å². The van der Waals surface area contributed by atoms with Crippen molar-refractivity contribution in [2.24, 2.45) is 0 Å². The van der Waals surface area contributed by atoms with Gasteiger partial charge in [-0.05, 0) is 5.56 Å². The van der Waals surface area contributed by atoms with Crippen molar-refractivity contribution < 1.29 is 4.43 Å². The predicted octanol–water partition coefficient (Wildman–Crippen LogP) is 0.493. The summed E-state index contributed by atoms with van der Waals surface area (Å²) in [6, 6.07) is 10.00. The Morgan fingerprint density at radius 3 is 2.44 bits per heavy atom. The Bertz CT molecular complexity index is 162. The third kappa shape index (κ3) is 1.99. The lowest BCUT2D eigenvalue weighted by Gasteiger charge is -1.94. The normalized spacial score (nSPS) is 9.78. The molecule has 0 atom stereocenters. The number of rotatable bonds is 2. The first kappa shape index (κ1) is 6.52. The van der Waals surface area contributed by atoms with Gasteiger partial charge < -0.3 is 4.43 Å². The molecular weight excluding hydrogens is 128 g/mol. The van der Waals surface area contributed by atoms with E-state index in [2.05, 4.69) is 0 Å². The van der Waals surface area contributed by atoms with Crippen LogP contribution in [0, 0.1) is 6.61 Å². The molecule has 1 radical (unpaired) electrons. The molecule has 0 saturated carbocycles. The molecule has 0 aliphatic rings. The van der Waals surface area contributed by atoms with Crippen LogP contribution in [0.2, 0.25) is 0 Å². The molecule has 0 fully saturated rings. The monoisotopic (exact) mass is 137 g/mol. The van der Waals surface area contributed by atoms with Crippen molar-refractivity contribution in [3.05, 3.63) is 42.5 Å². The van der Waals surface area contributed by atoms with Crippen LogP contribution in [0.3, 0.4) is 0 Å². The number of benzene rings is 1. The average molecular weight is 137 g/mol. The standard InChI is InChI=1S/C7H9OSi/c9-8-6-7-4-2-1-3-5-7/h1-6H,9H3. The summed E-state index contributed by atoms with van der Waals surface area (Å²) in [4.78, 5) is 0. The van der Waals surface area contributed by atoms with E-state index >= 15 is 0 Å². The summed E-state index contributed by atoms with van der Waals surface area (Å²) in [6.45, 7) is 1.77. The third-order valence-electron chi connectivity index (χ3n) is 1.05. The van der Waals surface area contributed by atoms with Crippen molar-refractivity contribution in [1.29, 1.82) is 0 Å².